The van der Waals surface area contributed by atoms with Crippen LogP contribution in [0, 0.1) is 10.1 Å². The van der Waals surface area contributed by atoms with E-state index in [2.05, 4.69) is 4.98 Å². The number of aromatic nitrogens is 1. The SMILES string of the molecule is O=C(O)Cc1nc([N+](=O)[O-])c(O)cc1C(F)F. The molecule has 7 nitrogen and oxygen atoms in total. The molecule has 0 aliphatic carbocycles. The normalized spacial score (nSPS) is 10.5. The number of carbonyl (C=O) groups is 1. The zero-order valence-corrected chi connectivity index (χ0v) is 8.13. The van der Waals surface area contributed by atoms with Gasteiger partial charge in [0, 0.05) is 6.07 Å². The van der Waals surface area contributed by atoms with Crippen molar-refractivity contribution in [1.82, 2.24) is 4.98 Å². The molecule has 17 heavy (non-hydrogen) atoms. The molecule has 9 heteroatoms. The lowest BCUT2D eigenvalue weighted by Crippen LogP contribution is -2.08. The summed E-state index contributed by atoms with van der Waals surface area (Å²) in [4.78, 5) is 22.8. The fourth-order valence-corrected chi connectivity index (χ4v) is 1.15. The molecule has 0 saturated carbocycles. The zero-order chi connectivity index (χ0) is 13.2. The number of aromatic hydroxyl groups is 1. The summed E-state index contributed by atoms with van der Waals surface area (Å²) in [6, 6.07) is 0.452. The molecule has 0 radical (unpaired) electrons. The van der Waals surface area contributed by atoms with Crippen molar-refractivity contribution >= 4 is 11.8 Å². The van der Waals surface area contributed by atoms with Gasteiger partial charge in [0.1, 0.15) is 6.42 Å². The summed E-state index contributed by atoms with van der Waals surface area (Å²) < 4.78 is 25.0. The first-order valence-corrected chi connectivity index (χ1v) is 4.20. The third-order valence-corrected chi connectivity index (χ3v) is 1.82. The van der Waals surface area contributed by atoms with Gasteiger partial charge in [0.2, 0.25) is 5.75 Å². The van der Waals surface area contributed by atoms with Gasteiger partial charge in [-0.15, -0.1) is 0 Å². The topological polar surface area (TPSA) is 114 Å². The molecule has 0 atom stereocenters. The number of alkyl halides is 2. The number of hydrogen-bond acceptors (Lipinski definition) is 5. The predicted octanol–water partition coefficient (Wildman–Crippen LogP) is 1.26. The minimum Gasteiger partial charge on any atom is -0.501 e. The van der Waals surface area contributed by atoms with Crippen LogP contribution in [0.4, 0.5) is 14.6 Å². The van der Waals surface area contributed by atoms with Crippen molar-refractivity contribution in [1.29, 1.82) is 0 Å². The second-order valence-corrected chi connectivity index (χ2v) is 3.00. The van der Waals surface area contributed by atoms with Crippen LogP contribution >= 0.6 is 0 Å². The van der Waals surface area contributed by atoms with E-state index < -0.39 is 46.6 Å². The fourth-order valence-electron chi connectivity index (χ4n) is 1.15. The van der Waals surface area contributed by atoms with Gasteiger partial charge in [-0.25, -0.2) is 8.78 Å². The molecular weight excluding hydrogens is 242 g/mol. The van der Waals surface area contributed by atoms with Crippen LogP contribution in [-0.4, -0.2) is 26.1 Å². The van der Waals surface area contributed by atoms with Crippen molar-refractivity contribution < 1.29 is 28.7 Å². The van der Waals surface area contributed by atoms with Gasteiger partial charge in [-0.2, -0.15) is 0 Å². The summed E-state index contributed by atoms with van der Waals surface area (Å²) in [6.07, 6.45) is -3.97. The maximum Gasteiger partial charge on any atom is 0.406 e. The highest BCUT2D eigenvalue weighted by Gasteiger charge is 2.27. The molecule has 1 aromatic heterocycles. The number of carboxylic acids is 1. The Balaban J connectivity index is 3.36. The lowest BCUT2D eigenvalue weighted by molar-refractivity contribution is -0.390. The van der Waals surface area contributed by atoms with E-state index in [0.29, 0.717) is 6.07 Å². The third kappa shape index (κ3) is 2.83. The Labute approximate surface area is 92.5 Å². The first-order chi connectivity index (χ1) is 7.82. The van der Waals surface area contributed by atoms with Crippen LogP contribution in [0.3, 0.4) is 0 Å². The minimum absolute atomic E-state index is 0.452. The number of nitrogens with zero attached hydrogens (tertiary/aromatic N) is 2. The summed E-state index contributed by atoms with van der Waals surface area (Å²) in [5.41, 5.74) is -1.48. The van der Waals surface area contributed by atoms with Crippen LogP contribution in [0.25, 0.3) is 0 Å². The molecule has 0 spiro atoms. The van der Waals surface area contributed by atoms with E-state index >= 15 is 0 Å². The number of rotatable bonds is 4. The molecule has 0 aliphatic heterocycles. The van der Waals surface area contributed by atoms with Gasteiger partial charge in [0.25, 0.3) is 6.43 Å². The molecule has 0 saturated heterocycles. The van der Waals surface area contributed by atoms with E-state index in [0.717, 1.165) is 0 Å². The number of aliphatic carboxylic acids is 1. The maximum atomic E-state index is 12.5. The predicted molar refractivity (Wildman–Crippen MR) is 48.9 cm³/mol. The highest BCUT2D eigenvalue weighted by molar-refractivity contribution is 5.70. The lowest BCUT2D eigenvalue weighted by Gasteiger charge is -2.04. The van der Waals surface area contributed by atoms with E-state index in [1.54, 1.807) is 0 Å². The summed E-state index contributed by atoms with van der Waals surface area (Å²) in [5, 5.41) is 27.9. The van der Waals surface area contributed by atoms with Gasteiger partial charge >= 0.3 is 11.8 Å². The summed E-state index contributed by atoms with van der Waals surface area (Å²) in [5.74, 6) is -3.54. The molecule has 1 rings (SSSR count). The molecule has 1 aromatic rings. The Morgan fingerprint density at radius 1 is 1.59 bits per heavy atom. The second kappa shape index (κ2) is 4.68. The summed E-state index contributed by atoms with van der Waals surface area (Å²) >= 11 is 0. The number of pyridine rings is 1. The van der Waals surface area contributed by atoms with Crippen molar-refractivity contribution in [3.8, 4) is 5.75 Å². The van der Waals surface area contributed by atoms with E-state index in [1.165, 1.54) is 0 Å². The van der Waals surface area contributed by atoms with Gasteiger partial charge in [-0.3, -0.25) is 4.79 Å². The number of hydrogen-bond donors (Lipinski definition) is 2. The maximum absolute atomic E-state index is 12.5. The molecular formula is C8H6F2N2O5. The molecule has 2 N–H and O–H groups in total. The lowest BCUT2D eigenvalue weighted by atomic mass is 10.1. The number of nitro groups is 1. The molecule has 92 valence electrons. The standard InChI is InChI=1S/C8H6F2N2O5/c9-7(10)3-1-5(13)8(12(16)17)11-4(3)2-6(14)15/h1,7,13H,2H2,(H,14,15). The quantitative estimate of drug-likeness (QED) is 0.612. The van der Waals surface area contributed by atoms with Crippen LogP contribution in [0.5, 0.6) is 5.75 Å². The zero-order valence-electron chi connectivity index (χ0n) is 8.13. The van der Waals surface area contributed by atoms with E-state index in [4.69, 9.17) is 10.2 Å². The molecule has 1 heterocycles. The van der Waals surface area contributed by atoms with Crippen LogP contribution < -0.4 is 0 Å². The van der Waals surface area contributed by atoms with Gasteiger partial charge in [-0.1, -0.05) is 0 Å². The average Bonchev–Trinajstić information content (AvgIpc) is 2.18. The molecule has 0 aromatic carbocycles. The Kier molecular flexibility index (Phi) is 3.51. The third-order valence-electron chi connectivity index (χ3n) is 1.82. The summed E-state index contributed by atoms with van der Waals surface area (Å²) in [7, 11) is 0. The molecule has 0 aliphatic rings. The largest absolute Gasteiger partial charge is 0.501 e. The monoisotopic (exact) mass is 248 g/mol. The first kappa shape index (κ1) is 12.7. The van der Waals surface area contributed by atoms with Crippen molar-refractivity contribution in [3.05, 3.63) is 27.4 Å². The van der Waals surface area contributed by atoms with Crippen LogP contribution in [0.1, 0.15) is 17.7 Å². The molecule has 0 unspecified atom stereocenters. The Bertz CT molecular complexity index is 477. The van der Waals surface area contributed by atoms with Gasteiger partial charge in [0.05, 0.1) is 5.56 Å². The fraction of sp³-hybridized carbons (Fsp3) is 0.250. The van der Waals surface area contributed by atoms with E-state index in [9.17, 15) is 23.7 Å². The highest BCUT2D eigenvalue weighted by Crippen LogP contribution is 2.31. The second-order valence-electron chi connectivity index (χ2n) is 3.00. The number of halogens is 2. The van der Waals surface area contributed by atoms with Gasteiger partial charge in [0.15, 0.2) is 5.69 Å². The van der Waals surface area contributed by atoms with Gasteiger partial charge in [-0.05, 0) is 9.91 Å². The van der Waals surface area contributed by atoms with E-state index in [1.807, 2.05) is 0 Å². The Hall–Kier alpha value is -2.32. The molecule has 0 fully saturated rings. The van der Waals surface area contributed by atoms with Crippen molar-refractivity contribution in [3.63, 3.8) is 0 Å². The molecule has 0 amide bonds. The summed E-state index contributed by atoms with van der Waals surface area (Å²) in [6.45, 7) is 0. The van der Waals surface area contributed by atoms with Crippen molar-refractivity contribution in [2.75, 3.05) is 0 Å². The average molecular weight is 248 g/mol. The van der Waals surface area contributed by atoms with Crippen molar-refractivity contribution in [2.45, 2.75) is 12.8 Å². The number of carboxylic acid groups (broad SMARTS) is 1. The molecule has 0 bridgehead atoms. The minimum atomic E-state index is -3.08. The van der Waals surface area contributed by atoms with Crippen LogP contribution in [-0.2, 0) is 11.2 Å². The Morgan fingerprint density at radius 3 is 2.59 bits per heavy atom. The van der Waals surface area contributed by atoms with Crippen molar-refractivity contribution in [2.24, 2.45) is 0 Å². The smallest absolute Gasteiger partial charge is 0.406 e. The first-order valence-electron chi connectivity index (χ1n) is 4.20. The highest BCUT2D eigenvalue weighted by atomic mass is 19.3. The van der Waals surface area contributed by atoms with Gasteiger partial charge < -0.3 is 20.3 Å². The van der Waals surface area contributed by atoms with Crippen LogP contribution in [0.2, 0.25) is 0 Å². The van der Waals surface area contributed by atoms with E-state index in [-0.39, 0.29) is 0 Å². The van der Waals surface area contributed by atoms with Crippen LogP contribution in [0.15, 0.2) is 6.07 Å². The Morgan fingerprint density at radius 2 is 2.18 bits per heavy atom.